The molecule has 2 rings (SSSR count). The minimum atomic E-state index is 0.137. The molecule has 98 valence electrons. The van der Waals surface area contributed by atoms with E-state index in [1.807, 2.05) is 41.3 Å². The molecule has 19 heavy (non-hydrogen) atoms. The first-order valence-corrected chi connectivity index (χ1v) is 6.41. The van der Waals surface area contributed by atoms with Crippen LogP contribution >= 0.6 is 0 Å². The first-order valence-electron chi connectivity index (χ1n) is 6.41. The number of benzene rings is 1. The van der Waals surface area contributed by atoms with Crippen molar-refractivity contribution in [3.05, 3.63) is 47.8 Å². The summed E-state index contributed by atoms with van der Waals surface area (Å²) in [4.78, 5) is 0. The summed E-state index contributed by atoms with van der Waals surface area (Å²) in [5.74, 6) is 0. The highest BCUT2D eigenvalue weighted by Crippen LogP contribution is 2.20. The fourth-order valence-corrected chi connectivity index (χ4v) is 1.91. The van der Waals surface area contributed by atoms with Gasteiger partial charge in [-0.2, -0.15) is 10.4 Å². The number of hydrogen-bond acceptors (Lipinski definition) is 3. The van der Waals surface area contributed by atoms with Gasteiger partial charge in [0.1, 0.15) is 0 Å². The van der Waals surface area contributed by atoms with Crippen molar-refractivity contribution in [1.29, 1.82) is 5.26 Å². The van der Waals surface area contributed by atoms with E-state index >= 15 is 0 Å². The van der Waals surface area contributed by atoms with Crippen molar-refractivity contribution in [2.24, 2.45) is 0 Å². The SMILES string of the molecule is CC(Nc1cnn(C(C)C)c1)c1cccc(C#N)c1. The maximum absolute atomic E-state index is 8.91. The van der Waals surface area contributed by atoms with Gasteiger partial charge in [0.15, 0.2) is 0 Å². The van der Waals surface area contributed by atoms with Crippen LogP contribution in [0.3, 0.4) is 0 Å². The minimum absolute atomic E-state index is 0.137. The summed E-state index contributed by atoms with van der Waals surface area (Å²) < 4.78 is 1.92. The number of rotatable bonds is 4. The van der Waals surface area contributed by atoms with E-state index in [4.69, 9.17) is 5.26 Å². The number of aromatic nitrogens is 2. The zero-order valence-corrected chi connectivity index (χ0v) is 11.5. The van der Waals surface area contributed by atoms with Crippen molar-refractivity contribution >= 4 is 5.69 Å². The summed E-state index contributed by atoms with van der Waals surface area (Å²) >= 11 is 0. The number of nitriles is 1. The summed E-state index contributed by atoms with van der Waals surface area (Å²) in [6.07, 6.45) is 3.82. The van der Waals surface area contributed by atoms with Crippen LogP contribution in [0.1, 0.15) is 44.0 Å². The molecule has 0 radical (unpaired) electrons. The minimum Gasteiger partial charge on any atom is -0.376 e. The number of nitrogens with zero attached hydrogens (tertiary/aromatic N) is 3. The van der Waals surface area contributed by atoms with Gasteiger partial charge in [-0.25, -0.2) is 0 Å². The number of nitrogens with one attached hydrogen (secondary N) is 1. The third-order valence-corrected chi connectivity index (χ3v) is 3.03. The Balaban J connectivity index is 2.11. The van der Waals surface area contributed by atoms with Crippen molar-refractivity contribution < 1.29 is 0 Å². The molecule has 1 N–H and O–H groups in total. The molecule has 0 saturated heterocycles. The zero-order valence-electron chi connectivity index (χ0n) is 11.5. The summed E-state index contributed by atoms with van der Waals surface area (Å²) in [5, 5.41) is 16.6. The average molecular weight is 254 g/mol. The van der Waals surface area contributed by atoms with E-state index in [1.54, 1.807) is 0 Å². The van der Waals surface area contributed by atoms with Gasteiger partial charge < -0.3 is 5.32 Å². The maximum Gasteiger partial charge on any atom is 0.0991 e. The molecular formula is C15H18N4. The Bertz CT molecular complexity index is 592. The van der Waals surface area contributed by atoms with Crippen LogP contribution in [0, 0.1) is 11.3 Å². The number of hydrogen-bond donors (Lipinski definition) is 1. The Morgan fingerprint density at radius 1 is 1.32 bits per heavy atom. The molecule has 0 fully saturated rings. The smallest absolute Gasteiger partial charge is 0.0991 e. The van der Waals surface area contributed by atoms with Crippen LogP contribution < -0.4 is 5.32 Å². The van der Waals surface area contributed by atoms with E-state index in [1.165, 1.54) is 0 Å². The monoisotopic (exact) mass is 254 g/mol. The molecule has 1 aromatic heterocycles. The molecule has 0 amide bonds. The fraction of sp³-hybridized carbons (Fsp3) is 0.333. The standard InChI is InChI=1S/C15H18N4/c1-11(2)19-10-15(9-17-19)18-12(3)14-6-4-5-13(7-14)8-16/h4-7,9-12,18H,1-3H3. The molecule has 1 atom stereocenters. The second-order valence-electron chi connectivity index (χ2n) is 4.91. The van der Waals surface area contributed by atoms with Gasteiger partial charge in [0, 0.05) is 18.3 Å². The van der Waals surface area contributed by atoms with Gasteiger partial charge in [0.05, 0.1) is 23.5 Å². The lowest BCUT2D eigenvalue weighted by Crippen LogP contribution is -2.06. The predicted molar refractivity (Wildman–Crippen MR) is 75.8 cm³/mol. The molecule has 1 unspecified atom stereocenters. The molecule has 0 aliphatic carbocycles. The summed E-state index contributed by atoms with van der Waals surface area (Å²) in [7, 11) is 0. The Labute approximate surface area is 113 Å². The first kappa shape index (κ1) is 13.2. The average Bonchev–Trinajstić information content (AvgIpc) is 2.87. The molecule has 0 bridgehead atoms. The zero-order chi connectivity index (χ0) is 13.8. The third-order valence-electron chi connectivity index (χ3n) is 3.03. The van der Waals surface area contributed by atoms with Crippen molar-refractivity contribution in [2.45, 2.75) is 32.9 Å². The second-order valence-corrected chi connectivity index (χ2v) is 4.91. The quantitative estimate of drug-likeness (QED) is 0.908. The van der Waals surface area contributed by atoms with Crippen molar-refractivity contribution in [3.63, 3.8) is 0 Å². The van der Waals surface area contributed by atoms with Crippen LogP contribution in [0.5, 0.6) is 0 Å². The van der Waals surface area contributed by atoms with Gasteiger partial charge in [0.2, 0.25) is 0 Å². The molecule has 0 saturated carbocycles. The summed E-state index contributed by atoms with van der Waals surface area (Å²) in [5.41, 5.74) is 2.77. The van der Waals surface area contributed by atoms with E-state index in [0.717, 1.165) is 11.3 Å². The van der Waals surface area contributed by atoms with Crippen LogP contribution in [0.25, 0.3) is 0 Å². The first-order chi connectivity index (χ1) is 9.10. The molecule has 2 aromatic rings. The Morgan fingerprint density at radius 2 is 2.11 bits per heavy atom. The largest absolute Gasteiger partial charge is 0.376 e. The van der Waals surface area contributed by atoms with Gasteiger partial charge >= 0.3 is 0 Å². The fourth-order valence-electron chi connectivity index (χ4n) is 1.91. The molecule has 4 nitrogen and oxygen atoms in total. The summed E-state index contributed by atoms with van der Waals surface area (Å²) in [6.45, 7) is 6.26. The molecule has 4 heteroatoms. The maximum atomic E-state index is 8.91. The highest BCUT2D eigenvalue weighted by atomic mass is 15.3. The Kier molecular flexibility index (Phi) is 3.86. The predicted octanol–water partition coefficient (Wildman–Crippen LogP) is 3.51. The Hall–Kier alpha value is -2.28. The molecule has 1 aromatic carbocycles. The molecule has 0 aliphatic heterocycles. The third kappa shape index (κ3) is 3.14. The van der Waals surface area contributed by atoms with E-state index < -0.39 is 0 Å². The van der Waals surface area contributed by atoms with Gasteiger partial charge in [-0.05, 0) is 38.5 Å². The van der Waals surface area contributed by atoms with Crippen molar-refractivity contribution in [1.82, 2.24) is 9.78 Å². The van der Waals surface area contributed by atoms with Crippen LogP contribution in [-0.4, -0.2) is 9.78 Å². The molecular weight excluding hydrogens is 236 g/mol. The highest BCUT2D eigenvalue weighted by molar-refractivity contribution is 5.43. The van der Waals surface area contributed by atoms with Gasteiger partial charge in [-0.15, -0.1) is 0 Å². The summed E-state index contributed by atoms with van der Waals surface area (Å²) in [6, 6.07) is 10.3. The van der Waals surface area contributed by atoms with Gasteiger partial charge in [-0.1, -0.05) is 12.1 Å². The lowest BCUT2D eigenvalue weighted by atomic mass is 10.1. The highest BCUT2D eigenvalue weighted by Gasteiger charge is 2.08. The van der Waals surface area contributed by atoms with Crippen LogP contribution in [0.15, 0.2) is 36.7 Å². The van der Waals surface area contributed by atoms with E-state index in [2.05, 4.69) is 37.3 Å². The van der Waals surface area contributed by atoms with Gasteiger partial charge in [-0.3, -0.25) is 4.68 Å². The lowest BCUT2D eigenvalue weighted by Gasteiger charge is -2.14. The normalized spacial score (nSPS) is 12.2. The molecule has 1 heterocycles. The molecule has 0 aliphatic rings. The second kappa shape index (κ2) is 5.57. The van der Waals surface area contributed by atoms with Crippen LogP contribution in [-0.2, 0) is 0 Å². The van der Waals surface area contributed by atoms with Crippen LogP contribution in [0.4, 0.5) is 5.69 Å². The van der Waals surface area contributed by atoms with E-state index in [-0.39, 0.29) is 6.04 Å². The van der Waals surface area contributed by atoms with Crippen LogP contribution in [0.2, 0.25) is 0 Å². The number of anilines is 1. The van der Waals surface area contributed by atoms with E-state index in [0.29, 0.717) is 11.6 Å². The Morgan fingerprint density at radius 3 is 2.74 bits per heavy atom. The lowest BCUT2D eigenvalue weighted by molar-refractivity contribution is 0.532. The van der Waals surface area contributed by atoms with Crippen molar-refractivity contribution in [2.75, 3.05) is 5.32 Å². The van der Waals surface area contributed by atoms with E-state index in [9.17, 15) is 0 Å². The van der Waals surface area contributed by atoms with Gasteiger partial charge in [0.25, 0.3) is 0 Å². The molecule has 0 spiro atoms. The van der Waals surface area contributed by atoms with Crippen molar-refractivity contribution in [3.8, 4) is 6.07 Å². The topological polar surface area (TPSA) is 53.6 Å².